The maximum absolute atomic E-state index is 12.2. The molecule has 2 fully saturated rings. The number of hydrogen-bond acceptors (Lipinski definition) is 5. The Kier molecular flexibility index (Phi) is 4.74. The lowest BCUT2D eigenvalue weighted by Gasteiger charge is -2.34. The third kappa shape index (κ3) is 4.04. The summed E-state index contributed by atoms with van der Waals surface area (Å²) in [6.07, 6.45) is 4.07. The predicted octanol–water partition coefficient (Wildman–Crippen LogP) is 1.01. The van der Waals surface area contributed by atoms with Gasteiger partial charge in [0.15, 0.2) is 0 Å². The van der Waals surface area contributed by atoms with Gasteiger partial charge in [0.2, 0.25) is 5.91 Å². The first-order chi connectivity index (χ1) is 12.3. The second-order valence-corrected chi connectivity index (χ2v) is 7.03. The highest BCUT2D eigenvalue weighted by atomic mass is 16.2. The average molecular weight is 340 g/mol. The third-order valence-electron chi connectivity index (χ3n) is 5.38. The van der Waals surface area contributed by atoms with Gasteiger partial charge in [-0.25, -0.2) is 4.68 Å². The van der Waals surface area contributed by atoms with Crippen molar-refractivity contribution < 1.29 is 4.79 Å². The zero-order valence-corrected chi connectivity index (χ0v) is 14.4. The molecule has 2 heterocycles. The summed E-state index contributed by atoms with van der Waals surface area (Å²) < 4.78 is 1.48. The Balaban J connectivity index is 1.17. The first-order valence-electron chi connectivity index (χ1n) is 9.05. The third-order valence-corrected chi connectivity index (χ3v) is 5.38. The Bertz CT molecular complexity index is 681. The predicted molar refractivity (Wildman–Crippen MR) is 92.7 cm³/mol. The van der Waals surface area contributed by atoms with E-state index in [0.29, 0.717) is 0 Å². The van der Waals surface area contributed by atoms with Crippen LogP contribution in [0.25, 0.3) is 0 Å². The number of tetrazole rings is 1. The molecular weight excluding hydrogens is 316 g/mol. The molecule has 0 radical (unpaired) electrons. The second-order valence-electron chi connectivity index (χ2n) is 7.03. The zero-order valence-electron chi connectivity index (χ0n) is 14.4. The Morgan fingerprint density at radius 2 is 1.92 bits per heavy atom. The van der Waals surface area contributed by atoms with E-state index >= 15 is 0 Å². The molecule has 0 unspecified atom stereocenters. The van der Waals surface area contributed by atoms with E-state index < -0.39 is 0 Å². The van der Waals surface area contributed by atoms with Gasteiger partial charge in [-0.2, -0.15) is 0 Å². The van der Waals surface area contributed by atoms with E-state index in [4.69, 9.17) is 0 Å². The molecule has 0 spiro atoms. The molecule has 0 N–H and O–H groups in total. The number of benzene rings is 1. The van der Waals surface area contributed by atoms with E-state index in [1.54, 1.807) is 0 Å². The highest BCUT2D eigenvalue weighted by Gasteiger charge is 2.37. The summed E-state index contributed by atoms with van der Waals surface area (Å²) in [5.74, 6) is 1.69. The first-order valence-corrected chi connectivity index (χ1v) is 9.05. The highest BCUT2D eigenvalue weighted by molar-refractivity contribution is 5.75. The summed E-state index contributed by atoms with van der Waals surface area (Å²) in [5, 5.41) is 10.9. The summed E-state index contributed by atoms with van der Waals surface area (Å²) in [5.41, 5.74) is 1.49. The standard InChI is InChI=1S/C18H24N6O/c25-18(13-24-14-19-20-21-24)23-10-8-22(9-11-23)7-6-16-12-17(16)15-4-2-1-3-5-15/h1-5,14,16-17H,6-13H2/t16-,17+/m1/s1. The Labute approximate surface area is 147 Å². The van der Waals surface area contributed by atoms with Crippen molar-refractivity contribution in [3.05, 3.63) is 42.2 Å². The number of carbonyl (C=O) groups excluding carboxylic acids is 1. The van der Waals surface area contributed by atoms with Crippen LogP contribution in [0.5, 0.6) is 0 Å². The van der Waals surface area contributed by atoms with Crippen LogP contribution >= 0.6 is 0 Å². The largest absolute Gasteiger partial charge is 0.339 e. The van der Waals surface area contributed by atoms with Crippen molar-refractivity contribution in [1.29, 1.82) is 0 Å². The lowest BCUT2D eigenvalue weighted by atomic mass is 10.1. The second kappa shape index (κ2) is 7.31. The van der Waals surface area contributed by atoms with Gasteiger partial charge in [-0.3, -0.25) is 9.69 Å². The molecular formula is C18H24N6O. The monoisotopic (exact) mass is 340 g/mol. The van der Waals surface area contributed by atoms with E-state index in [0.717, 1.165) is 44.6 Å². The summed E-state index contributed by atoms with van der Waals surface area (Å²) in [6, 6.07) is 10.9. The van der Waals surface area contributed by atoms with Crippen molar-refractivity contribution in [2.45, 2.75) is 25.3 Å². The molecule has 7 nitrogen and oxygen atoms in total. The summed E-state index contributed by atoms with van der Waals surface area (Å²) in [4.78, 5) is 16.6. The van der Waals surface area contributed by atoms with Crippen LogP contribution in [0, 0.1) is 5.92 Å². The number of amides is 1. The fourth-order valence-electron chi connectivity index (χ4n) is 3.74. The fourth-order valence-corrected chi connectivity index (χ4v) is 3.74. The molecule has 1 saturated heterocycles. The quantitative estimate of drug-likeness (QED) is 0.785. The molecule has 2 aliphatic rings. The van der Waals surface area contributed by atoms with Crippen molar-refractivity contribution in [2.75, 3.05) is 32.7 Å². The zero-order chi connectivity index (χ0) is 17.1. The van der Waals surface area contributed by atoms with Gasteiger partial charge in [0, 0.05) is 26.2 Å². The maximum Gasteiger partial charge on any atom is 0.244 e. The van der Waals surface area contributed by atoms with Crippen molar-refractivity contribution in [1.82, 2.24) is 30.0 Å². The van der Waals surface area contributed by atoms with Crippen LogP contribution in [-0.2, 0) is 11.3 Å². The van der Waals surface area contributed by atoms with Crippen LogP contribution in [0.4, 0.5) is 0 Å². The number of piperazine rings is 1. The van der Waals surface area contributed by atoms with Gasteiger partial charge in [0.05, 0.1) is 0 Å². The van der Waals surface area contributed by atoms with E-state index in [9.17, 15) is 4.79 Å². The molecule has 1 aliphatic carbocycles. The number of hydrogen-bond donors (Lipinski definition) is 0. The number of nitrogens with zero attached hydrogens (tertiary/aromatic N) is 6. The normalized spacial score (nSPS) is 23.6. The molecule has 7 heteroatoms. The van der Waals surface area contributed by atoms with Crippen molar-refractivity contribution in [2.24, 2.45) is 5.92 Å². The molecule has 1 amide bonds. The van der Waals surface area contributed by atoms with Gasteiger partial charge in [0.1, 0.15) is 12.9 Å². The minimum Gasteiger partial charge on any atom is -0.339 e. The van der Waals surface area contributed by atoms with Crippen LogP contribution < -0.4 is 0 Å². The van der Waals surface area contributed by atoms with E-state index in [1.807, 2.05) is 4.90 Å². The maximum atomic E-state index is 12.2. The molecule has 0 bridgehead atoms. The lowest BCUT2D eigenvalue weighted by molar-refractivity contribution is -0.133. The van der Waals surface area contributed by atoms with E-state index in [1.165, 1.54) is 29.4 Å². The number of rotatable bonds is 6. The van der Waals surface area contributed by atoms with Crippen LogP contribution in [0.3, 0.4) is 0 Å². The summed E-state index contributed by atoms with van der Waals surface area (Å²) >= 11 is 0. The minimum atomic E-state index is 0.0956. The van der Waals surface area contributed by atoms with Gasteiger partial charge in [0.25, 0.3) is 0 Å². The topological polar surface area (TPSA) is 67.2 Å². The van der Waals surface area contributed by atoms with Crippen LogP contribution in [0.15, 0.2) is 36.7 Å². The van der Waals surface area contributed by atoms with E-state index in [-0.39, 0.29) is 12.5 Å². The Morgan fingerprint density at radius 3 is 2.64 bits per heavy atom. The molecule has 1 aromatic heterocycles. The van der Waals surface area contributed by atoms with Crippen LogP contribution in [0.2, 0.25) is 0 Å². The summed E-state index contributed by atoms with van der Waals surface area (Å²) in [7, 11) is 0. The number of aromatic nitrogens is 4. The van der Waals surface area contributed by atoms with Crippen molar-refractivity contribution in [3.63, 3.8) is 0 Å². The molecule has 132 valence electrons. The van der Waals surface area contributed by atoms with Crippen molar-refractivity contribution in [3.8, 4) is 0 Å². The lowest BCUT2D eigenvalue weighted by Crippen LogP contribution is -2.49. The smallest absolute Gasteiger partial charge is 0.244 e. The molecule has 2 atom stereocenters. The molecule has 4 rings (SSSR count). The van der Waals surface area contributed by atoms with Gasteiger partial charge >= 0.3 is 0 Å². The molecule has 25 heavy (non-hydrogen) atoms. The minimum absolute atomic E-state index is 0.0956. The average Bonchev–Trinajstić information content (AvgIpc) is 3.27. The molecule has 2 aromatic rings. The SMILES string of the molecule is O=C(Cn1cnnn1)N1CCN(CC[C@@H]2C[C@H]2c2ccccc2)CC1. The molecule has 1 aliphatic heterocycles. The van der Waals surface area contributed by atoms with E-state index in [2.05, 4.69) is 50.8 Å². The first kappa shape index (κ1) is 16.2. The van der Waals surface area contributed by atoms with Crippen molar-refractivity contribution >= 4 is 5.91 Å². The number of carbonyl (C=O) groups is 1. The molecule has 1 aromatic carbocycles. The highest BCUT2D eigenvalue weighted by Crippen LogP contribution is 2.49. The van der Waals surface area contributed by atoms with Gasteiger partial charge in [-0.05, 0) is 47.2 Å². The Hall–Kier alpha value is -2.28. The molecule has 1 saturated carbocycles. The van der Waals surface area contributed by atoms with Crippen LogP contribution in [0.1, 0.15) is 24.3 Å². The van der Waals surface area contributed by atoms with Gasteiger partial charge in [-0.15, -0.1) is 5.10 Å². The fraction of sp³-hybridized carbons (Fsp3) is 0.556. The summed E-state index contributed by atoms with van der Waals surface area (Å²) in [6.45, 7) is 4.90. The van der Waals surface area contributed by atoms with Gasteiger partial charge in [-0.1, -0.05) is 30.3 Å². The van der Waals surface area contributed by atoms with Gasteiger partial charge < -0.3 is 4.90 Å². The Morgan fingerprint density at radius 1 is 1.12 bits per heavy atom. The van der Waals surface area contributed by atoms with Crippen LogP contribution in [-0.4, -0.2) is 68.6 Å².